The van der Waals surface area contributed by atoms with Crippen molar-refractivity contribution < 1.29 is 14.4 Å². The Bertz CT molecular complexity index is 918. The van der Waals surface area contributed by atoms with Gasteiger partial charge in [-0.3, -0.25) is 0 Å². The highest BCUT2D eigenvalue weighted by molar-refractivity contribution is 6.39. The first kappa shape index (κ1) is 17.1. The molecule has 2 saturated carbocycles. The molecule has 27 heavy (non-hydrogen) atoms. The molecular formula is C20H18Cl2N2O3. The summed E-state index contributed by atoms with van der Waals surface area (Å²) < 4.78 is 5.67. The van der Waals surface area contributed by atoms with E-state index in [-0.39, 0.29) is 0 Å². The number of nitrogens with zero attached hydrogens (tertiary/aromatic N) is 2. The molecule has 140 valence electrons. The minimum Gasteiger partial charge on any atom is -0.465 e. The Hall–Kier alpha value is -1.98. The summed E-state index contributed by atoms with van der Waals surface area (Å²) in [5, 5.41) is 14.5. The lowest BCUT2D eigenvalue weighted by Gasteiger charge is -2.14. The summed E-state index contributed by atoms with van der Waals surface area (Å²) in [5.41, 5.74) is 2.33. The van der Waals surface area contributed by atoms with E-state index < -0.39 is 6.09 Å². The molecule has 7 heteroatoms. The van der Waals surface area contributed by atoms with E-state index >= 15 is 0 Å². The van der Waals surface area contributed by atoms with Gasteiger partial charge in [0.05, 0.1) is 10.0 Å². The Morgan fingerprint density at radius 1 is 1.22 bits per heavy atom. The van der Waals surface area contributed by atoms with Crippen molar-refractivity contribution in [1.82, 2.24) is 10.1 Å². The zero-order valence-electron chi connectivity index (χ0n) is 14.4. The fourth-order valence-electron chi connectivity index (χ4n) is 4.24. The minimum absolute atomic E-state index is 0.411. The highest BCUT2D eigenvalue weighted by Crippen LogP contribution is 2.53. The van der Waals surface area contributed by atoms with Crippen LogP contribution < -0.4 is 0 Å². The Kier molecular flexibility index (Phi) is 3.99. The summed E-state index contributed by atoms with van der Waals surface area (Å²) in [7, 11) is 0. The Labute approximate surface area is 166 Å². The van der Waals surface area contributed by atoms with Crippen LogP contribution in [0.5, 0.6) is 0 Å². The number of carboxylic acid groups (broad SMARTS) is 1. The molecule has 1 aliphatic heterocycles. The summed E-state index contributed by atoms with van der Waals surface area (Å²) in [5.74, 6) is 2.57. The highest BCUT2D eigenvalue weighted by Gasteiger charge is 2.55. The molecule has 2 atom stereocenters. The number of halogens is 2. The largest absolute Gasteiger partial charge is 0.465 e. The number of rotatable bonds is 4. The van der Waals surface area contributed by atoms with Gasteiger partial charge >= 0.3 is 6.09 Å². The van der Waals surface area contributed by atoms with Gasteiger partial charge in [-0.25, -0.2) is 4.79 Å². The standard InChI is InChI=1S/C20H18Cl2N2O3/c21-15-2-1-3-16(22)17(15)18-12(19(27-23-18)10-4-5-10)7-6-11-13-8-24(20(25)26)9-14(11)13/h1-3,6-7,10-11,13-14H,4-5,8-9H2,(H,25,26). The summed E-state index contributed by atoms with van der Waals surface area (Å²) in [4.78, 5) is 12.6. The maximum Gasteiger partial charge on any atom is 0.407 e. The summed E-state index contributed by atoms with van der Waals surface area (Å²) in [6.07, 6.45) is 5.65. The summed E-state index contributed by atoms with van der Waals surface area (Å²) in [6.45, 7) is 1.24. The van der Waals surface area contributed by atoms with Crippen LogP contribution in [0, 0.1) is 17.8 Å². The quantitative estimate of drug-likeness (QED) is 0.740. The van der Waals surface area contributed by atoms with Gasteiger partial charge in [-0.2, -0.15) is 0 Å². The third-order valence-corrected chi connectivity index (χ3v) is 6.55. The number of likely N-dealkylation sites (tertiary alicyclic amines) is 1. The molecule has 5 rings (SSSR count). The van der Waals surface area contributed by atoms with Crippen LogP contribution >= 0.6 is 23.2 Å². The number of fused-ring (bicyclic) bond motifs is 1. The van der Waals surface area contributed by atoms with E-state index in [4.69, 9.17) is 32.8 Å². The highest BCUT2D eigenvalue weighted by atomic mass is 35.5. The van der Waals surface area contributed by atoms with Gasteiger partial charge in [0.25, 0.3) is 0 Å². The van der Waals surface area contributed by atoms with Crippen molar-refractivity contribution in [2.75, 3.05) is 13.1 Å². The van der Waals surface area contributed by atoms with Crippen LogP contribution in [0.15, 0.2) is 28.8 Å². The molecule has 3 aliphatic rings. The van der Waals surface area contributed by atoms with E-state index in [0.717, 1.165) is 24.2 Å². The molecule has 2 aliphatic carbocycles. The third kappa shape index (κ3) is 2.93. The number of hydrogen-bond acceptors (Lipinski definition) is 3. The molecule has 0 bridgehead atoms. The van der Waals surface area contributed by atoms with Gasteiger partial charge in [0.1, 0.15) is 11.5 Å². The molecule has 2 unspecified atom stereocenters. The Morgan fingerprint density at radius 3 is 2.48 bits per heavy atom. The second kappa shape index (κ2) is 6.28. The zero-order chi connectivity index (χ0) is 18.7. The number of piperidine rings is 1. The topological polar surface area (TPSA) is 66.6 Å². The monoisotopic (exact) mass is 404 g/mol. The van der Waals surface area contributed by atoms with Crippen molar-refractivity contribution >= 4 is 35.4 Å². The van der Waals surface area contributed by atoms with E-state index in [1.54, 1.807) is 12.1 Å². The average Bonchev–Trinajstić information content (AvgIpc) is 3.49. The Balaban J connectivity index is 1.45. The first-order valence-electron chi connectivity index (χ1n) is 9.14. The third-order valence-electron chi connectivity index (χ3n) is 5.92. The number of allylic oxidation sites excluding steroid dienone is 1. The molecule has 1 saturated heterocycles. The van der Waals surface area contributed by atoms with Crippen molar-refractivity contribution in [2.45, 2.75) is 18.8 Å². The molecule has 1 N–H and O–H groups in total. The van der Waals surface area contributed by atoms with Crippen LogP contribution in [0.2, 0.25) is 10.0 Å². The van der Waals surface area contributed by atoms with Crippen LogP contribution in [0.3, 0.4) is 0 Å². The van der Waals surface area contributed by atoms with Gasteiger partial charge in [-0.05, 0) is 42.7 Å². The van der Waals surface area contributed by atoms with E-state index in [9.17, 15) is 4.79 Å². The minimum atomic E-state index is -0.823. The fourth-order valence-corrected chi connectivity index (χ4v) is 4.81. The second-order valence-corrected chi connectivity index (χ2v) is 8.45. The molecule has 1 amide bonds. The smallest absolute Gasteiger partial charge is 0.407 e. The van der Waals surface area contributed by atoms with Crippen molar-refractivity contribution in [1.29, 1.82) is 0 Å². The van der Waals surface area contributed by atoms with Crippen molar-refractivity contribution in [3.05, 3.63) is 45.6 Å². The SMILES string of the molecule is O=C(O)N1CC2C(C=Cc3c(-c4c(Cl)cccc4Cl)noc3C3CC3)C2C1. The number of hydrogen-bond donors (Lipinski definition) is 1. The number of amides is 1. The maximum absolute atomic E-state index is 11.1. The van der Waals surface area contributed by atoms with Crippen molar-refractivity contribution in [3.63, 3.8) is 0 Å². The van der Waals surface area contributed by atoms with Crippen LogP contribution in [-0.2, 0) is 0 Å². The number of carbonyl (C=O) groups is 1. The molecular weight excluding hydrogens is 387 g/mol. The lowest BCUT2D eigenvalue weighted by molar-refractivity contribution is 0.149. The van der Waals surface area contributed by atoms with Gasteiger partial charge in [0, 0.05) is 30.1 Å². The van der Waals surface area contributed by atoms with Gasteiger partial charge in [0.2, 0.25) is 0 Å². The first-order chi connectivity index (χ1) is 13.0. The molecule has 1 aromatic heterocycles. The number of aromatic nitrogens is 1. The molecule has 2 aromatic rings. The Morgan fingerprint density at radius 2 is 1.89 bits per heavy atom. The molecule has 2 heterocycles. The van der Waals surface area contributed by atoms with Gasteiger partial charge in [0.15, 0.2) is 0 Å². The lowest BCUT2D eigenvalue weighted by atomic mass is 10.0. The predicted molar refractivity (Wildman–Crippen MR) is 103 cm³/mol. The van der Waals surface area contributed by atoms with Crippen LogP contribution in [-0.4, -0.2) is 34.3 Å². The van der Waals surface area contributed by atoms with Gasteiger partial charge in [-0.1, -0.05) is 46.6 Å². The number of benzene rings is 1. The zero-order valence-corrected chi connectivity index (χ0v) is 16.0. The van der Waals surface area contributed by atoms with Crippen LogP contribution in [0.1, 0.15) is 30.1 Å². The van der Waals surface area contributed by atoms with E-state index in [2.05, 4.69) is 17.3 Å². The fraction of sp³-hybridized carbons (Fsp3) is 0.400. The van der Waals surface area contributed by atoms with E-state index in [0.29, 0.717) is 58.1 Å². The van der Waals surface area contributed by atoms with Gasteiger partial charge < -0.3 is 14.5 Å². The second-order valence-electron chi connectivity index (χ2n) is 7.63. The van der Waals surface area contributed by atoms with Crippen molar-refractivity contribution in [2.24, 2.45) is 17.8 Å². The maximum atomic E-state index is 11.1. The lowest BCUT2D eigenvalue weighted by Crippen LogP contribution is -2.29. The molecule has 0 radical (unpaired) electrons. The van der Waals surface area contributed by atoms with Crippen molar-refractivity contribution in [3.8, 4) is 11.3 Å². The predicted octanol–water partition coefficient (Wildman–Crippen LogP) is 5.39. The van der Waals surface area contributed by atoms with Crippen LogP contribution in [0.4, 0.5) is 4.79 Å². The van der Waals surface area contributed by atoms with Crippen LogP contribution in [0.25, 0.3) is 17.3 Å². The molecule has 0 spiro atoms. The van der Waals surface area contributed by atoms with E-state index in [1.165, 1.54) is 4.90 Å². The normalized spacial score (nSPS) is 26.6. The molecule has 1 aromatic carbocycles. The summed E-state index contributed by atoms with van der Waals surface area (Å²) >= 11 is 12.8. The first-order valence-corrected chi connectivity index (χ1v) is 9.90. The molecule has 3 fully saturated rings. The summed E-state index contributed by atoms with van der Waals surface area (Å²) in [6, 6.07) is 5.41. The van der Waals surface area contributed by atoms with E-state index in [1.807, 2.05) is 6.07 Å². The van der Waals surface area contributed by atoms with Gasteiger partial charge in [-0.15, -0.1) is 0 Å². The molecule has 5 nitrogen and oxygen atoms in total. The average molecular weight is 405 g/mol.